The Morgan fingerprint density at radius 1 is 1.39 bits per heavy atom. The number of rotatable bonds is 3. The van der Waals surface area contributed by atoms with E-state index in [9.17, 15) is 14.7 Å². The Kier molecular flexibility index (Phi) is 3.90. The molecule has 0 aromatic rings. The molecule has 0 aromatic heterocycles. The first-order valence-electron chi connectivity index (χ1n) is 6.86. The number of carboxylic acids is 1. The molecule has 1 saturated heterocycles. The van der Waals surface area contributed by atoms with Gasteiger partial charge in [-0.1, -0.05) is 19.8 Å². The van der Waals surface area contributed by atoms with Crippen LogP contribution >= 0.6 is 0 Å². The van der Waals surface area contributed by atoms with Gasteiger partial charge in [0, 0.05) is 6.04 Å². The number of fused-ring (bicyclic) bond motifs is 1. The van der Waals surface area contributed by atoms with E-state index in [1.165, 1.54) is 0 Å². The first kappa shape index (κ1) is 13.3. The van der Waals surface area contributed by atoms with E-state index in [0.29, 0.717) is 18.8 Å². The summed E-state index contributed by atoms with van der Waals surface area (Å²) in [6, 6.07) is -1.12. The van der Waals surface area contributed by atoms with E-state index in [4.69, 9.17) is 5.73 Å². The number of carbonyl (C=O) groups excluding carboxylic acids is 1. The lowest BCUT2D eigenvalue weighted by Crippen LogP contribution is -2.52. The molecule has 0 aromatic carbocycles. The molecule has 1 aliphatic carbocycles. The first-order chi connectivity index (χ1) is 8.56. The summed E-state index contributed by atoms with van der Waals surface area (Å²) >= 11 is 0. The van der Waals surface area contributed by atoms with Crippen LogP contribution in [0.3, 0.4) is 0 Å². The van der Waals surface area contributed by atoms with Crippen molar-refractivity contribution in [2.24, 2.45) is 11.7 Å². The summed E-state index contributed by atoms with van der Waals surface area (Å²) in [6.07, 6.45) is 5.35. The second-order valence-corrected chi connectivity index (χ2v) is 5.46. The average Bonchev–Trinajstić information content (AvgIpc) is 2.76. The Morgan fingerprint density at radius 2 is 2.06 bits per heavy atom. The van der Waals surface area contributed by atoms with Gasteiger partial charge in [-0.15, -0.1) is 0 Å². The zero-order valence-electron chi connectivity index (χ0n) is 10.8. The van der Waals surface area contributed by atoms with Gasteiger partial charge in [-0.3, -0.25) is 4.79 Å². The van der Waals surface area contributed by atoms with Gasteiger partial charge in [-0.25, -0.2) is 4.79 Å². The van der Waals surface area contributed by atoms with Gasteiger partial charge < -0.3 is 15.7 Å². The number of carboxylic acid groups (broad SMARTS) is 1. The Bertz CT molecular complexity index is 345. The highest BCUT2D eigenvalue weighted by atomic mass is 16.4. The number of likely N-dealkylation sites (tertiary alicyclic amines) is 1. The molecule has 5 nitrogen and oxygen atoms in total. The lowest BCUT2D eigenvalue weighted by molar-refractivity contribution is -0.150. The third kappa shape index (κ3) is 2.23. The van der Waals surface area contributed by atoms with Crippen molar-refractivity contribution in [3.63, 3.8) is 0 Å². The normalized spacial score (nSPS) is 33.0. The van der Waals surface area contributed by atoms with Crippen molar-refractivity contribution >= 4 is 11.9 Å². The third-order valence-corrected chi connectivity index (χ3v) is 4.38. The fourth-order valence-corrected chi connectivity index (χ4v) is 3.36. The van der Waals surface area contributed by atoms with Gasteiger partial charge in [-0.2, -0.15) is 0 Å². The van der Waals surface area contributed by atoms with Gasteiger partial charge >= 0.3 is 5.97 Å². The van der Waals surface area contributed by atoms with Crippen LogP contribution in [0, 0.1) is 5.92 Å². The van der Waals surface area contributed by atoms with Crippen molar-refractivity contribution in [3.8, 4) is 0 Å². The van der Waals surface area contributed by atoms with Gasteiger partial charge in [0.15, 0.2) is 0 Å². The van der Waals surface area contributed by atoms with E-state index in [1.807, 2.05) is 6.92 Å². The maximum atomic E-state index is 12.3. The van der Waals surface area contributed by atoms with Crippen LogP contribution in [-0.4, -0.2) is 40.0 Å². The Balaban J connectivity index is 2.21. The van der Waals surface area contributed by atoms with Crippen molar-refractivity contribution in [2.45, 2.75) is 63.6 Å². The van der Waals surface area contributed by atoms with Crippen LogP contribution in [0.1, 0.15) is 45.4 Å². The van der Waals surface area contributed by atoms with Crippen LogP contribution in [0.25, 0.3) is 0 Å². The smallest absolute Gasteiger partial charge is 0.326 e. The number of nitrogens with zero attached hydrogens (tertiary/aromatic N) is 1. The maximum absolute atomic E-state index is 12.3. The molecular weight excluding hydrogens is 232 g/mol. The van der Waals surface area contributed by atoms with Crippen LogP contribution in [0.15, 0.2) is 0 Å². The van der Waals surface area contributed by atoms with E-state index >= 15 is 0 Å². The predicted molar refractivity (Wildman–Crippen MR) is 66.9 cm³/mol. The van der Waals surface area contributed by atoms with Crippen molar-refractivity contribution in [2.75, 3.05) is 0 Å². The van der Waals surface area contributed by atoms with Crippen LogP contribution in [-0.2, 0) is 9.59 Å². The van der Waals surface area contributed by atoms with Crippen molar-refractivity contribution in [1.29, 1.82) is 0 Å². The lowest BCUT2D eigenvalue weighted by atomic mass is 9.84. The monoisotopic (exact) mass is 254 g/mol. The van der Waals surface area contributed by atoms with Crippen LogP contribution in [0.4, 0.5) is 0 Å². The van der Waals surface area contributed by atoms with Gasteiger partial charge in [0.25, 0.3) is 0 Å². The second-order valence-electron chi connectivity index (χ2n) is 5.46. The molecule has 5 heteroatoms. The summed E-state index contributed by atoms with van der Waals surface area (Å²) in [4.78, 5) is 25.2. The third-order valence-electron chi connectivity index (χ3n) is 4.38. The summed E-state index contributed by atoms with van der Waals surface area (Å²) in [6.45, 7) is 1.85. The largest absolute Gasteiger partial charge is 0.480 e. The summed E-state index contributed by atoms with van der Waals surface area (Å²) < 4.78 is 0. The first-order valence-corrected chi connectivity index (χ1v) is 6.86. The zero-order chi connectivity index (χ0) is 13.3. The van der Waals surface area contributed by atoms with Gasteiger partial charge in [0.05, 0.1) is 6.04 Å². The van der Waals surface area contributed by atoms with Gasteiger partial charge in [0.2, 0.25) is 5.91 Å². The van der Waals surface area contributed by atoms with Crippen molar-refractivity contribution < 1.29 is 14.7 Å². The molecule has 102 valence electrons. The number of hydrogen-bond acceptors (Lipinski definition) is 3. The molecule has 2 aliphatic rings. The minimum Gasteiger partial charge on any atom is -0.480 e. The SMILES string of the molecule is CC[C@@H](N)C(=O)N1C(C(=O)O)CC2CCCCC21. The molecule has 18 heavy (non-hydrogen) atoms. The summed E-state index contributed by atoms with van der Waals surface area (Å²) in [5, 5.41) is 9.30. The maximum Gasteiger partial charge on any atom is 0.326 e. The minimum absolute atomic E-state index is 0.102. The summed E-state index contributed by atoms with van der Waals surface area (Å²) in [7, 11) is 0. The molecule has 0 radical (unpaired) electrons. The standard InChI is InChI=1S/C13H22N2O3/c1-2-9(14)12(16)15-10-6-4-3-5-8(10)7-11(15)13(17)18/h8-11H,2-7,14H2,1H3,(H,17,18)/t8?,9-,10?,11?/m1/s1. The van der Waals surface area contributed by atoms with Gasteiger partial charge in [-0.05, 0) is 31.6 Å². The quantitative estimate of drug-likeness (QED) is 0.786. The number of carbonyl (C=O) groups is 2. The fourth-order valence-electron chi connectivity index (χ4n) is 3.36. The van der Waals surface area contributed by atoms with Crippen LogP contribution in [0.5, 0.6) is 0 Å². The number of hydrogen-bond donors (Lipinski definition) is 2. The summed E-state index contributed by atoms with van der Waals surface area (Å²) in [5.41, 5.74) is 5.80. The summed E-state index contributed by atoms with van der Waals surface area (Å²) in [5.74, 6) is -0.715. The van der Waals surface area contributed by atoms with E-state index in [1.54, 1.807) is 4.90 Å². The second kappa shape index (κ2) is 5.26. The minimum atomic E-state index is -0.888. The van der Waals surface area contributed by atoms with E-state index < -0.39 is 18.1 Å². The molecule has 4 atom stereocenters. The van der Waals surface area contributed by atoms with E-state index in [0.717, 1.165) is 25.7 Å². The molecular formula is C13H22N2O3. The Hall–Kier alpha value is -1.10. The topological polar surface area (TPSA) is 83.6 Å². The van der Waals surface area contributed by atoms with Gasteiger partial charge in [0.1, 0.15) is 6.04 Å². The van der Waals surface area contributed by atoms with E-state index in [2.05, 4.69) is 0 Å². The molecule has 0 bridgehead atoms. The molecule has 2 fully saturated rings. The highest BCUT2D eigenvalue weighted by Gasteiger charge is 2.48. The Morgan fingerprint density at radius 3 is 2.67 bits per heavy atom. The lowest BCUT2D eigenvalue weighted by Gasteiger charge is -2.34. The molecule has 3 unspecified atom stereocenters. The number of amides is 1. The number of nitrogens with two attached hydrogens (primary N) is 1. The molecule has 1 heterocycles. The molecule has 3 N–H and O–H groups in total. The highest BCUT2D eigenvalue weighted by molar-refractivity contribution is 5.87. The predicted octanol–water partition coefficient (Wildman–Crippen LogP) is 0.968. The fraction of sp³-hybridized carbons (Fsp3) is 0.846. The molecule has 0 spiro atoms. The average molecular weight is 254 g/mol. The zero-order valence-corrected chi connectivity index (χ0v) is 10.8. The molecule has 1 aliphatic heterocycles. The van der Waals surface area contributed by atoms with E-state index in [-0.39, 0.29) is 11.9 Å². The number of aliphatic carboxylic acids is 1. The molecule has 1 saturated carbocycles. The van der Waals surface area contributed by atoms with Crippen LogP contribution in [0.2, 0.25) is 0 Å². The molecule has 2 rings (SSSR count). The molecule has 1 amide bonds. The highest BCUT2D eigenvalue weighted by Crippen LogP contribution is 2.40. The van der Waals surface area contributed by atoms with Crippen LogP contribution < -0.4 is 5.73 Å². The van der Waals surface area contributed by atoms with Crippen molar-refractivity contribution in [1.82, 2.24) is 4.90 Å². The van der Waals surface area contributed by atoms with Crippen molar-refractivity contribution in [3.05, 3.63) is 0 Å². The Labute approximate surface area is 107 Å².